The average Bonchev–Trinajstić information content (AvgIpc) is 2.49. The van der Waals surface area contributed by atoms with Gasteiger partial charge in [-0.25, -0.2) is 14.4 Å². The van der Waals surface area contributed by atoms with Gasteiger partial charge in [-0.1, -0.05) is 18.2 Å². The summed E-state index contributed by atoms with van der Waals surface area (Å²) in [5, 5.41) is 0. The Labute approximate surface area is 139 Å². The third-order valence-electron chi connectivity index (χ3n) is 2.99. The largest absolute Gasteiger partial charge is 0.481 e. The van der Waals surface area contributed by atoms with Gasteiger partial charge in [0, 0.05) is 19.4 Å². The molecule has 2 rings (SSSR count). The molecular weight excluding hydrogens is 316 g/mol. The zero-order valence-corrected chi connectivity index (χ0v) is 13.7. The maximum atomic E-state index is 12.0. The summed E-state index contributed by atoms with van der Waals surface area (Å²) < 4.78 is 20.2. The van der Waals surface area contributed by atoms with Gasteiger partial charge >= 0.3 is 17.9 Å². The van der Waals surface area contributed by atoms with Gasteiger partial charge in [0.05, 0.1) is 6.61 Å². The van der Waals surface area contributed by atoms with Crippen LogP contribution in [0, 0.1) is 0 Å². The number of hydrogen-bond donors (Lipinski definition) is 0. The minimum atomic E-state index is -1.30. The number of para-hydroxylation sites is 1. The van der Waals surface area contributed by atoms with Crippen molar-refractivity contribution < 1.29 is 33.3 Å². The summed E-state index contributed by atoms with van der Waals surface area (Å²) in [4.78, 5) is 35.3. The van der Waals surface area contributed by atoms with Crippen LogP contribution in [0.25, 0.3) is 6.08 Å². The Bertz CT molecular complexity index is 666. The number of ether oxygens (including phenoxy) is 4. The molecule has 1 fully saturated rings. The maximum Gasteiger partial charge on any atom is 0.348 e. The number of hydrogen-bond acceptors (Lipinski definition) is 7. The van der Waals surface area contributed by atoms with Crippen LogP contribution in [-0.4, -0.2) is 36.9 Å². The molecule has 0 bridgehead atoms. The summed E-state index contributed by atoms with van der Waals surface area (Å²) >= 11 is 0. The van der Waals surface area contributed by atoms with Crippen molar-refractivity contribution in [2.75, 3.05) is 13.2 Å². The van der Waals surface area contributed by atoms with E-state index in [4.69, 9.17) is 18.9 Å². The van der Waals surface area contributed by atoms with Crippen molar-refractivity contribution in [3.05, 3.63) is 35.4 Å². The Balaban J connectivity index is 2.22. The van der Waals surface area contributed by atoms with Crippen LogP contribution in [-0.2, 0) is 28.6 Å². The van der Waals surface area contributed by atoms with Crippen LogP contribution in [0.3, 0.4) is 0 Å². The Hall–Kier alpha value is -2.83. The topological polar surface area (TPSA) is 88.1 Å². The number of carbonyl (C=O) groups is 3. The predicted molar refractivity (Wildman–Crippen MR) is 82.8 cm³/mol. The van der Waals surface area contributed by atoms with Crippen molar-refractivity contribution in [2.24, 2.45) is 0 Å². The molecule has 7 nitrogen and oxygen atoms in total. The first-order valence-corrected chi connectivity index (χ1v) is 7.38. The average molecular weight is 334 g/mol. The first-order chi connectivity index (χ1) is 11.3. The molecule has 1 saturated heterocycles. The molecule has 1 aromatic carbocycles. The molecule has 0 aromatic heterocycles. The monoisotopic (exact) mass is 334 g/mol. The lowest BCUT2D eigenvalue weighted by molar-refractivity contribution is -0.222. The molecule has 0 unspecified atom stereocenters. The first kappa shape index (κ1) is 17.5. The normalized spacial score (nSPS) is 16.0. The van der Waals surface area contributed by atoms with Crippen LogP contribution in [0.15, 0.2) is 29.8 Å². The van der Waals surface area contributed by atoms with E-state index in [2.05, 4.69) is 0 Å². The van der Waals surface area contributed by atoms with Gasteiger partial charge in [0.2, 0.25) is 0 Å². The van der Waals surface area contributed by atoms with Gasteiger partial charge in [0.25, 0.3) is 5.79 Å². The second kappa shape index (κ2) is 7.16. The lowest BCUT2D eigenvalue weighted by Crippen LogP contribution is -2.41. The second-order valence-corrected chi connectivity index (χ2v) is 5.37. The summed E-state index contributed by atoms with van der Waals surface area (Å²) in [5.74, 6) is -3.06. The van der Waals surface area contributed by atoms with E-state index in [0.717, 1.165) is 0 Å². The minimum absolute atomic E-state index is 0.249. The fraction of sp³-hybridized carbons (Fsp3) is 0.353. The molecule has 0 saturated carbocycles. The molecule has 1 aliphatic rings. The fourth-order valence-corrected chi connectivity index (χ4v) is 2.00. The number of rotatable bonds is 5. The molecule has 0 spiro atoms. The van der Waals surface area contributed by atoms with E-state index in [9.17, 15) is 14.4 Å². The van der Waals surface area contributed by atoms with Crippen LogP contribution >= 0.6 is 0 Å². The third-order valence-corrected chi connectivity index (χ3v) is 2.99. The minimum Gasteiger partial charge on any atom is -0.481 e. The molecule has 7 heteroatoms. The standard InChI is InChI=1S/C17H18O7/c1-4-21-14(18)10-22-13-8-6-5-7-11(13)9-12-15(19)23-17(2,3)24-16(12)20/h5-9H,4,10H2,1-3H3. The number of carbonyl (C=O) groups excluding carboxylic acids is 3. The first-order valence-electron chi connectivity index (χ1n) is 7.38. The van der Waals surface area contributed by atoms with Crippen molar-refractivity contribution in [1.82, 2.24) is 0 Å². The zero-order chi connectivity index (χ0) is 17.7. The molecule has 1 heterocycles. The van der Waals surface area contributed by atoms with Crippen LogP contribution in [0.2, 0.25) is 0 Å². The van der Waals surface area contributed by atoms with Crippen molar-refractivity contribution in [2.45, 2.75) is 26.6 Å². The van der Waals surface area contributed by atoms with E-state index in [1.165, 1.54) is 19.9 Å². The molecule has 0 atom stereocenters. The summed E-state index contributed by atoms with van der Waals surface area (Å²) in [6.07, 6.45) is 1.31. The highest BCUT2D eigenvalue weighted by Gasteiger charge is 2.38. The van der Waals surface area contributed by atoms with E-state index >= 15 is 0 Å². The Kier molecular flexibility index (Phi) is 5.23. The molecule has 128 valence electrons. The van der Waals surface area contributed by atoms with Crippen molar-refractivity contribution in [3.63, 3.8) is 0 Å². The van der Waals surface area contributed by atoms with Crippen LogP contribution in [0.5, 0.6) is 5.75 Å². The molecule has 0 amide bonds. The van der Waals surface area contributed by atoms with E-state index in [1.807, 2.05) is 0 Å². The lowest BCUT2D eigenvalue weighted by Gasteiger charge is -2.29. The van der Waals surface area contributed by atoms with Crippen LogP contribution in [0.1, 0.15) is 26.3 Å². The van der Waals surface area contributed by atoms with Crippen LogP contribution < -0.4 is 4.74 Å². The van der Waals surface area contributed by atoms with Gasteiger partial charge in [0.15, 0.2) is 6.61 Å². The second-order valence-electron chi connectivity index (χ2n) is 5.37. The molecule has 0 radical (unpaired) electrons. The van der Waals surface area contributed by atoms with Gasteiger partial charge in [-0.3, -0.25) is 0 Å². The molecule has 0 N–H and O–H groups in total. The highest BCUT2D eigenvalue weighted by atomic mass is 16.7. The van der Waals surface area contributed by atoms with Gasteiger partial charge in [-0.2, -0.15) is 0 Å². The smallest absolute Gasteiger partial charge is 0.348 e. The Morgan fingerprint density at radius 1 is 1.17 bits per heavy atom. The number of benzene rings is 1. The van der Waals surface area contributed by atoms with Gasteiger partial charge < -0.3 is 18.9 Å². The van der Waals surface area contributed by atoms with Crippen molar-refractivity contribution in [1.29, 1.82) is 0 Å². The van der Waals surface area contributed by atoms with E-state index in [1.54, 1.807) is 31.2 Å². The van der Waals surface area contributed by atoms with Gasteiger partial charge in [0.1, 0.15) is 11.3 Å². The SMILES string of the molecule is CCOC(=O)COc1ccccc1C=C1C(=O)OC(C)(C)OC1=O. The predicted octanol–water partition coefficient (Wildman–Crippen LogP) is 1.85. The van der Waals surface area contributed by atoms with E-state index in [-0.39, 0.29) is 18.8 Å². The fourth-order valence-electron chi connectivity index (χ4n) is 2.00. The summed E-state index contributed by atoms with van der Waals surface area (Å²) in [7, 11) is 0. The molecule has 1 aromatic rings. The van der Waals surface area contributed by atoms with E-state index in [0.29, 0.717) is 11.3 Å². The van der Waals surface area contributed by atoms with Crippen molar-refractivity contribution >= 4 is 24.0 Å². The summed E-state index contributed by atoms with van der Waals surface area (Å²) in [5.41, 5.74) is 0.187. The highest BCUT2D eigenvalue weighted by Crippen LogP contribution is 2.27. The zero-order valence-electron chi connectivity index (χ0n) is 13.7. The van der Waals surface area contributed by atoms with Gasteiger partial charge in [-0.15, -0.1) is 0 Å². The molecular formula is C17H18O7. The lowest BCUT2D eigenvalue weighted by atomic mass is 10.1. The highest BCUT2D eigenvalue weighted by molar-refractivity contribution is 6.19. The molecule has 24 heavy (non-hydrogen) atoms. The molecule has 1 aliphatic heterocycles. The number of esters is 3. The van der Waals surface area contributed by atoms with Crippen LogP contribution in [0.4, 0.5) is 0 Å². The Morgan fingerprint density at radius 3 is 2.42 bits per heavy atom. The molecule has 0 aliphatic carbocycles. The van der Waals surface area contributed by atoms with Gasteiger partial charge in [-0.05, 0) is 19.1 Å². The Morgan fingerprint density at radius 2 is 1.79 bits per heavy atom. The third kappa shape index (κ3) is 4.34. The maximum absolute atomic E-state index is 12.0. The van der Waals surface area contributed by atoms with E-state index < -0.39 is 23.7 Å². The summed E-state index contributed by atoms with van der Waals surface area (Å²) in [6.45, 7) is 4.60. The quantitative estimate of drug-likeness (QED) is 0.461. The number of cyclic esters (lactones) is 2. The summed E-state index contributed by atoms with van der Waals surface area (Å²) in [6, 6.07) is 6.64. The van der Waals surface area contributed by atoms with Crippen molar-refractivity contribution in [3.8, 4) is 5.75 Å².